The van der Waals surface area contributed by atoms with E-state index >= 15 is 0 Å². The van der Waals surface area contributed by atoms with Crippen LogP contribution in [0.1, 0.15) is 51.4 Å². The van der Waals surface area contributed by atoms with Gasteiger partial charge in [0.1, 0.15) is 0 Å². The fraction of sp³-hybridized carbons (Fsp3) is 0.769. The second-order valence-corrected chi connectivity index (χ2v) is 4.67. The number of carbonyl (C=O) groups is 1. The average Bonchev–Trinajstić information content (AvgIpc) is 2.80. The summed E-state index contributed by atoms with van der Waals surface area (Å²) >= 11 is 0. The predicted molar refractivity (Wildman–Crippen MR) is 59.5 cm³/mol. The Labute approximate surface area is 91.7 Å². The van der Waals surface area contributed by atoms with Crippen molar-refractivity contribution in [3.8, 4) is 0 Å². The van der Waals surface area contributed by atoms with Gasteiger partial charge in [-0.1, -0.05) is 25.7 Å². The summed E-state index contributed by atoms with van der Waals surface area (Å²) < 4.78 is 5.37. The molecule has 1 fully saturated rings. The Morgan fingerprint density at radius 3 is 2.80 bits per heavy atom. The van der Waals surface area contributed by atoms with Crippen molar-refractivity contribution in [2.45, 2.75) is 51.4 Å². The summed E-state index contributed by atoms with van der Waals surface area (Å²) in [5.41, 5.74) is 0. The minimum absolute atomic E-state index is 0.224. The summed E-state index contributed by atoms with van der Waals surface area (Å²) in [6.07, 6.45) is 11.1. The number of allylic oxidation sites excluding steroid dienone is 2. The SMILES string of the molecule is O=C(CCC1CCCC1)C1=CCCCO1. The molecule has 1 aliphatic heterocycles. The lowest BCUT2D eigenvalue weighted by Gasteiger charge is -2.14. The molecule has 2 aliphatic rings. The minimum Gasteiger partial charge on any atom is -0.490 e. The molecule has 0 N–H and O–H groups in total. The van der Waals surface area contributed by atoms with E-state index < -0.39 is 0 Å². The first-order chi connectivity index (χ1) is 7.36. The molecule has 2 rings (SSSR count). The summed E-state index contributed by atoms with van der Waals surface area (Å²) in [6.45, 7) is 0.723. The number of Topliss-reactive ketones (excluding diaryl/α,β-unsaturated/α-hetero) is 1. The molecule has 2 heteroatoms. The van der Waals surface area contributed by atoms with Crippen molar-refractivity contribution in [2.24, 2.45) is 5.92 Å². The molecule has 2 nitrogen and oxygen atoms in total. The molecular formula is C13H20O2. The Kier molecular flexibility index (Phi) is 3.81. The third-order valence-electron chi connectivity index (χ3n) is 3.46. The highest BCUT2D eigenvalue weighted by Crippen LogP contribution is 2.29. The molecule has 84 valence electrons. The molecule has 0 radical (unpaired) electrons. The van der Waals surface area contributed by atoms with Crippen molar-refractivity contribution in [3.63, 3.8) is 0 Å². The van der Waals surface area contributed by atoms with E-state index in [-0.39, 0.29) is 5.78 Å². The standard InChI is InChI=1S/C13H20O2/c14-12(13-7-3-4-10-15-13)9-8-11-5-1-2-6-11/h7,11H,1-6,8-10H2. The van der Waals surface area contributed by atoms with Gasteiger partial charge in [-0.15, -0.1) is 0 Å². The van der Waals surface area contributed by atoms with E-state index in [9.17, 15) is 4.79 Å². The first-order valence-electron chi connectivity index (χ1n) is 6.22. The van der Waals surface area contributed by atoms with Crippen LogP contribution >= 0.6 is 0 Å². The summed E-state index contributed by atoms with van der Waals surface area (Å²) in [6, 6.07) is 0. The van der Waals surface area contributed by atoms with Crippen LogP contribution in [0, 0.1) is 5.92 Å². The number of ether oxygens (including phenoxy) is 1. The molecule has 0 unspecified atom stereocenters. The predicted octanol–water partition coefficient (Wildman–Crippen LogP) is 3.22. The largest absolute Gasteiger partial charge is 0.490 e. The lowest BCUT2D eigenvalue weighted by Crippen LogP contribution is -2.12. The molecule has 0 aromatic carbocycles. The molecule has 0 atom stereocenters. The van der Waals surface area contributed by atoms with Crippen LogP contribution in [-0.4, -0.2) is 12.4 Å². The van der Waals surface area contributed by atoms with Gasteiger partial charge in [-0.25, -0.2) is 0 Å². The highest BCUT2D eigenvalue weighted by Gasteiger charge is 2.19. The average molecular weight is 208 g/mol. The summed E-state index contributed by atoms with van der Waals surface area (Å²) in [5.74, 6) is 1.67. The van der Waals surface area contributed by atoms with Gasteiger partial charge in [-0.3, -0.25) is 4.79 Å². The topological polar surface area (TPSA) is 26.3 Å². The van der Waals surface area contributed by atoms with E-state index in [1.54, 1.807) is 0 Å². The second kappa shape index (κ2) is 5.34. The van der Waals surface area contributed by atoms with Crippen LogP contribution < -0.4 is 0 Å². The quantitative estimate of drug-likeness (QED) is 0.709. The van der Waals surface area contributed by atoms with Crippen LogP contribution in [0.15, 0.2) is 11.8 Å². The van der Waals surface area contributed by atoms with E-state index in [0.717, 1.165) is 31.8 Å². The van der Waals surface area contributed by atoms with Gasteiger partial charge in [-0.2, -0.15) is 0 Å². The van der Waals surface area contributed by atoms with Gasteiger partial charge in [0.2, 0.25) is 0 Å². The van der Waals surface area contributed by atoms with E-state index in [2.05, 4.69) is 0 Å². The second-order valence-electron chi connectivity index (χ2n) is 4.67. The number of rotatable bonds is 4. The molecule has 0 spiro atoms. The van der Waals surface area contributed by atoms with Gasteiger partial charge in [0.05, 0.1) is 6.61 Å². The Balaban J connectivity index is 1.73. The monoisotopic (exact) mass is 208 g/mol. The molecule has 0 saturated heterocycles. The van der Waals surface area contributed by atoms with E-state index in [1.165, 1.54) is 25.7 Å². The van der Waals surface area contributed by atoms with Crippen molar-refractivity contribution < 1.29 is 9.53 Å². The zero-order valence-electron chi connectivity index (χ0n) is 9.34. The molecule has 0 amide bonds. The summed E-state index contributed by atoms with van der Waals surface area (Å²) in [7, 11) is 0. The third kappa shape index (κ3) is 3.08. The number of hydrogen-bond donors (Lipinski definition) is 0. The van der Waals surface area contributed by atoms with Crippen LogP contribution in [0.4, 0.5) is 0 Å². The first kappa shape index (κ1) is 10.7. The van der Waals surface area contributed by atoms with Crippen LogP contribution in [-0.2, 0) is 9.53 Å². The zero-order chi connectivity index (χ0) is 10.5. The van der Waals surface area contributed by atoms with Crippen molar-refractivity contribution in [1.82, 2.24) is 0 Å². The first-order valence-corrected chi connectivity index (χ1v) is 6.22. The fourth-order valence-corrected chi connectivity index (χ4v) is 2.51. The third-order valence-corrected chi connectivity index (χ3v) is 3.46. The van der Waals surface area contributed by atoms with Crippen LogP contribution in [0.5, 0.6) is 0 Å². The van der Waals surface area contributed by atoms with Gasteiger partial charge in [0, 0.05) is 6.42 Å². The van der Waals surface area contributed by atoms with Gasteiger partial charge in [0.25, 0.3) is 0 Å². The lowest BCUT2D eigenvalue weighted by atomic mass is 9.99. The molecule has 0 aromatic rings. The van der Waals surface area contributed by atoms with E-state index in [1.807, 2.05) is 6.08 Å². The maximum absolute atomic E-state index is 11.8. The van der Waals surface area contributed by atoms with Gasteiger partial charge in [-0.05, 0) is 31.3 Å². The Morgan fingerprint density at radius 1 is 1.33 bits per heavy atom. The number of ketones is 1. The zero-order valence-corrected chi connectivity index (χ0v) is 9.34. The van der Waals surface area contributed by atoms with Crippen LogP contribution in [0.3, 0.4) is 0 Å². The summed E-state index contributed by atoms with van der Waals surface area (Å²) in [5, 5.41) is 0. The van der Waals surface area contributed by atoms with E-state index in [4.69, 9.17) is 4.74 Å². The summed E-state index contributed by atoms with van der Waals surface area (Å²) in [4.78, 5) is 11.8. The molecule has 1 heterocycles. The Morgan fingerprint density at radius 2 is 2.13 bits per heavy atom. The molecule has 0 aromatic heterocycles. The van der Waals surface area contributed by atoms with Crippen molar-refractivity contribution in [3.05, 3.63) is 11.8 Å². The lowest BCUT2D eigenvalue weighted by molar-refractivity contribution is -0.119. The molecule has 1 saturated carbocycles. The van der Waals surface area contributed by atoms with Crippen LogP contribution in [0.2, 0.25) is 0 Å². The van der Waals surface area contributed by atoms with Crippen molar-refractivity contribution >= 4 is 5.78 Å². The van der Waals surface area contributed by atoms with Gasteiger partial charge >= 0.3 is 0 Å². The Bertz CT molecular complexity index is 249. The van der Waals surface area contributed by atoms with Crippen LogP contribution in [0.25, 0.3) is 0 Å². The van der Waals surface area contributed by atoms with E-state index in [0.29, 0.717) is 12.2 Å². The van der Waals surface area contributed by atoms with Crippen molar-refractivity contribution in [2.75, 3.05) is 6.61 Å². The van der Waals surface area contributed by atoms with Gasteiger partial charge < -0.3 is 4.74 Å². The molecule has 15 heavy (non-hydrogen) atoms. The fourth-order valence-electron chi connectivity index (χ4n) is 2.51. The smallest absolute Gasteiger partial charge is 0.197 e. The van der Waals surface area contributed by atoms with Crippen molar-refractivity contribution in [1.29, 1.82) is 0 Å². The minimum atomic E-state index is 0.224. The number of hydrogen-bond acceptors (Lipinski definition) is 2. The molecule has 1 aliphatic carbocycles. The highest BCUT2D eigenvalue weighted by molar-refractivity contribution is 5.93. The maximum Gasteiger partial charge on any atom is 0.197 e. The normalized spacial score (nSPS) is 22.3. The molecular weight excluding hydrogens is 188 g/mol. The highest BCUT2D eigenvalue weighted by atomic mass is 16.5. The Hall–Kier alpha value is -0.790. The maximum atomic E-state index is 11.8. The molecule has 0 bridgehead atoms. The van der Waals surface area contributed by atoms with Gasteiger partial charge in [0.15, 0.2) is 11.5 Å². The number of carbonyl (C=O) groups excluding carboxylic acids is 1.